The number of thioether (sulfide) groups is 1. The third-order valence-corrected chi connectivity index (χ3v) is 4.84. The van der Waals surface area contributed by atoms with E-state index >= 15 is 0 Å². The Morgan fingerprint density at radius 3 is 2.89 bits per heavy atom. The molecule has 1 N–H and O–H groups in total. The second-order valence-corrected chi connectivity index (χ2v) is 6.68. The first-order valence-corrected chi connectivity index (χ1v) is 9.47. The average molecular weight is 399 g/mol. The summed E-state index contributed by atoms with van der Waals surface area (Å²) >= 11 is 1.23. The largest absolute Gasteiger partial charge is 0.495 e. The minimum atomic E-state index is -0.189. The van der Waals surface area contributed by atoms with Gasteiger partial charge in [-0.25, -0.2) is 0 Å². The number of ether oxygens (including phenoxy) is 3. The zero-order valence-corrected chi connectivity index (χ0v) is 15.8. The molecule has 0 atom stereocenters. The Kier molecular flexibility index (Phi) is 5.29. The summed E-state index contributed by atoms with van der Waals surface area (Å²) in [5.74, 6) is 1.88. The predicted octanol–water partition coefficient (Wildman–Crippen LogP) is 2.17. The third-order valence-electron chi connectivity index (χ3n) is 3.92. The Morgan fingerprint density at radius 1 is 1.21 bits per heavy atom. The molecule has 28 heavy (non-hydrogen) atoms. The number of para-hydroxylation sites is 2. The number of aromatic nitrogens is 4. The first-order chi connectivity index (χ1) is 13.7. The van der Waals surface area contributed by atoms with E-state index in [1.165, 1.54) is 11.8 Å². The molecule has 10 heteroatoms. The van der Waals surface area contributed by atoms with Gasteiger partial charge in [0.1, 0.15) is 19.0 Å². The maximum atomic E-state index is 12.3. The molecule has 0 aliphatic carbocycles. The van der Waals surface area contributed by atoms with Crippen LogP contribution in [0.15, 0.2) is 47.6 Å². The minimum Gasteiger partial charge on any atom is -0.495 e. The van der Waals surface area contributed by atoms with Gasteiger partial charge in [-0.2, -0.15) is 4.68 Å². The van der Waals surface area contributed by atoms with Gasteiger partial charge >= 0.3 is 0 Å². The fraction of sp³-hybridized carbons (Fsp3) is 0.222. The number of hydrogen-bond donors (Lipinski definition) is 1. The summed E-state index contributed by atoms with van der Waals surface area (Å²) in [6.45, 7) is 1.02. The second kappa shape index (κ2) is 8.17. The number of fused-ring (bicyclic) bond motifs is 1. The van der Waals surface area contributed by atoms with E-state index < -0.39 is 0 Å². The van der Waals surface area contributed by atoms with Crippen LogP contribution in [0, 0.1) is 0 Å². The van der Waals surface area contributed by atoms with Crippen LogP contribution in [0.5, 0.6) is 17.2 Å². The fourth-order valence-electron chi connectivity index (χ4n) is 2.66. The molecule has 0 saturated heterocycles. The monoisotopic (exact) mass is 399 g/mol. The van der Waals surface area contributed by atoms with Gasteiger partial charge in [0.15, 0.2) is 11.5 Å². The molecular weight excluding hydrogens is 382 g/mol. The lowest BCUT2D eigenvalue weighted by Crippen LogP contribution is -2.16. The SMILES string of the molecule is COc1ccccc1NC(=O)CSc1nnnn1-c1ccc2c(c1)OCCO2. The molecule has 1 aliphatic heterocycles. The van der Waals surface area contributed by atoms with Crippen molar-refractivity contribution >= 4 is 23.4 Å². The normalized spacial score (nSPS) is 12.5. The van der Waals surface area contributed by atoms with Crippen molar-refractivity contribution in [1.82, 2.24) is 20.2 Å². The van der Waals surface area contributed by atoms with Crippen molar-refractivity contribution in [2.45, 2.75) is 5.16 Å². The summed E-state index contributed by atoms with van der Waals surface area (Å²) in [4.78, 5) is 12.3. The van der Waals surface area contributed by atoms with Crippen molar-refractivity contribution in [2.75, 3.05) is 31.4 Å². The fourth-order valence-corrected chi connectivity index (χ4v) is 3.35. The third kappa shape index (κ3) is 3.86. The van der Waals surface area contributed by atoms with E-state index in [-0.39, 0.29) is 11.7 Å². The van der Waals surface area contributed by atoms with Crippen molar-refractivity contribution in [3.63, 3.8) is 0 Å². The number of benzene rings is 2. The van der Waals surface area contributed by atoms with Crippen LogP contribution < -0.4 is 19.5 Å². The van der Waals surface area contributed by atoms with E-state index in [2.05, 4.69) is 20.8 Å². The lowest BCUT2D eigenvalue weighted by Gasteiger charge is -2.18. The first kappa shape index (κ1) is 18.1. The van der Waals surface area contributed by atoms with Crippen LogP contribution in [-0.4, -0.2) is 52.2 Å². The van der Waals surface area contributed by atoms with E-state index in [9.17, 15) is 4.79 Å². The summed E-state index contributed by atoms with van der Waals surface area (Å²) in [5.41, 5.74) is 1.34. The molecule has 0 unspecified atom stereocenters. The molecule has 0 fully saturated rings. The molecular formula is C18H17N5O4S. The van der Waals surface area contributed by atoms with Crippen LogP contribution in [0.1, 0.15) is 0 Å². The summed E-state index contributed by atoms with van der Waals surface area (Å²) in [7, 11) is 1.56. The van der Waals surface area contributed by atoms with Crippen LogP contribution in [0.3, 0.4) is 0 Å². The van der Waals surface area contributed by atoms with Crippen molar-refractivity contribution in [2.24, 2.45) is 0 Å². The van der Waals surface area contributed by atoms with Gasteiger partial charge in [0.2, 0.25) is 11.1 Å². The van der Waals surface area contributed by atoms with Gasteiger partial charge in [0, 0.05) is 6.07 Å². The molecule has 2 heterocycles. The number of nitrogens with one attached hydrogen (secondary N) is 1. The van der Waals surface area contributed by atoms with Gasteiger partial charge in [-0.1, -0.05) is 23.9 Å². The molecule has 1 aliphatic rings. The zero-order valence-electron chi connectivity index (χ0n) is 15.0. The number of hydrogen-bond acceptors (Lipinski definition) is 8. The molecule has 144 valence electrons. The highest BCUT2D eigenvalue weighted by atomic mass is 32.2. The number of methoxy groups -OCH3 is 1. The highest BCUT2D eigenvalue weighted by molar-refractivity contribution is 7.99. The van der Waals surface area contributed by atoms with E-state index in [0.29, 0.717) is 41.3 Å². The number of carbonyl (C=O) groups excluding carboxylic acids is 1. The molecule has 1 amide bonds. The summed E-state index contributed by atoms with van der Waals surface area (Å²) in [6.07, 6.45) is 0. The maximum Gasteiger partial charge on any atom is 0.234 e. The van der Waals surface area contributed by atoms with Crippen molar-refractivity contribution in [3.8, 4) is 22.9 Å². The molecule has 0 spiro atoms. The number of carbonyl (C=O) groups is 1. The average Bonchev–Trinajstić information content (AvgIpc) is 3.21. The predicted molar refractivity (Wildman–Crippen MR) is 102 cm³/mol. The number of amides is 1. The molecule has 4 rings (SSSR count). The van der Waals surface area contributed by atoms with E-state index in [1.807, 2.05) is 30.3 Å². The van der Waals surface area contributed by atoms with Crippen LogP contribution >= 0.6 is 11.8 Å². The molecule has 3 aromatic rings. The van der Waals surface area contributed by atoms with E-state index in [4.69, 9.17) is 14.2 Å². The van der Waals surface area contributed by atoms with E-state index in [1.54, 1.807) is 23.9 Å². The molecule has 2 aromatic carbocycles. The Labute approximate surface area is 165 Å². The minimum absolute atomic E-state index is 0.142. The smallest absolute Gasteiger partial charge is 0.234 e. The van der Waals surface area contributed by atoms with Gasteiger partial charge < -0.3 is 19.5 Å². The molecule has 9 nitrogen and oxygen atoms in total. The first-order valence-electron chi connectivity index (χ1n) is 8.48. The van der Waals surface area contributed by atoms with Gasteiger partial charge in [-0.3, -0.25) is 4.79 Å². The Hall–Kier alpha value is -3.27. The quantitative estimate of drug-likeness (QED) is 0.630. The Bertz CT molecular complexity index is 994. The van der Waals surface area contributed by atoms with Crippen LogP contribution in [0.4, 0.5) is 5.69 Å². The Balaban J connectivity index is 1.44. The zero-order chi connectivity index (χ0) is 19.3. The highest BCUT2D eigenvalue weighted by Crippen LogP contribution is 2.32. The summed E-state index contributed by atoms with van der Waals surface area (Å²) < 4.78 is 17.9. The summed E-state index contributed by atoms with van der Waals surface area (Å²) in [5, 5.41) is 15.1. The van der Waals surface area contributed by atoms with Gasteiger partial charge in [0.05, 0.1) is 24.2 Å². The molecule has 0 saturated carbocycles. The maximum absolute atomic E-state index is 12.3. The molecule has 0 radical (unpaired) electrons. The number of nitrogens with zero attached hydrogens (tertiary/aromatic N) is 4. The van der Waals surface area contributed by atoms with Gasteiger partial charge in [0.25, 0.3) is 0 Å². The Morgan fingerprint density at radius 2 is 2.04 bits per heavy atom. The molecule has 0 bridgehead atoms. The van der Waals surface area contributed by atoms with Crippen LogP contribution in [-0.2, 0) is 4.79 Å². The lowest BCUT2D eigenvalue weighted by molar-refractivity contribution is -0.113. The van der Waals surface area contributed by atoms with E-state index in [0.717, 1.165) is 5.69 Å². The standard InChI is InChI=1S/C18H17N5O4S/c1-25-14-5-3-2-4-13(14)19-17(24)11-28-18-20-21-22-23(18)12-6-7-15-16(10-12)27-9-8-26-15/h2-7,10H,8-9,11H2,1H3,(H,19,24). The highest BCUT2D eigenvalue weighted by Gasteiger charge is 2.16. The molecule has 1 aromatic heterocycles. The number of anilines is 1. The topological polar surface area (TPSA) is 100 Å². The van der Waals surface area contributed by atoms with Crippen molar-refractivity contribution in [1.29, 1.82) is 0 Å². The number of tetrazole rings is 1. The van der Waals surface area contributed by atoms with Crippen molar-refractivity contribution in [3.05, 3.63) is 42.5 Å². The lowest BCUT2D eigenvalue weighted by atomic mass is 10.2. The van der Waals surface area contributed by atoms with Gasteiger partial charge in [-0.05, 0) is 34.7 Å². The van der Waals surface area contributed by atoms with Crippen LogP contribution in [0.2, 0.25) is 0 Å². The second-order valence-electron chi connectivity index (χ2n) is 5.74. The summed E-state index contributed by atoms with van der Waals surface area (Å²) in [6, 6.07) is 12.7. The van der Waals surface area contributed by atoms with Crippen LogP contribution in [0.25, 0.3) is 5.69 Å². The van der Waals surface area contributed by atoms with Gasteiger partial charge in [-0.15, -0.1) is 5.10 Å². The number of rotatable bonds is 6. The van der Waals surface area contributed by atoms with Crippen molar-refractivity contribution < 1.29 is 19.0 Å².